The average Bonchev–Trinajstić information content (AvgIpc) is 3.43. The van der Waals surface area contributed by atoms with Crippen LogP contribution in [0.15, 0.2) is 36.5 Å². The van der Waals surface area contributed by atoms with E-state index in [1.165, 1.54) is 6.20 Å². The summed E-state index contributed by atoms with van der Waals surface area (Å²) in [4.78, 5) is 30.9. The highest BCUT2D eigenvalue weighted by Gasteiger charge is 2.31. The molecule has 0 spiro atoms. The maximum Gasteiger partial charge on any atom is 0.256 e. The molecule has 1 fully saturated rings. The number of aldehydes is 1. The Labute approximate surface area is 203 Å². The highest BCUT2D eigenvalue weighted by molar-refractivity contribution is 6.30. The molecule has 0 aliphatic carbocycles. The second-order valence-electron chi connectivity index (χ2n) is 8.66. The van der Waals surface area contributed by atoms with Crippen LogP contribution in [-0.4, -0.2) is 46.3 Å². The van der Waals surface area contributed by atoms with Crippen LogP contribution in [0.25, 0.3) is 11.0 Å². The molecule has 7 nitrogen and oxygen atoms in total. The summed E-state index contributed by atoms with van der Waals surface area (Å²) in [6.45, 7) is 2.09. The maximum absolute atomic E-state index is 13.5. The first-order valence-electron chi connectivity index (χ1n) is 11.5. The van der Waals surface area contributed by atoms with Gasteiger partial charge in [0.05, 0.1) is 17.7 Å². The van der Waals surface area contributed by atoms with E-state index in [0.717, 1.165) is 30.4 Å². The number of aryl methyl sites for hydroxylation is 1. The van der Waals surface area contributed by atoms with E-state index >= 15 is 0 Å². The Morgan fingerprint density at radius 3 is 2.94 bits per heavy atom. The average molecular weight is 479 g/mol. The Morgan fingerprint density at radius 1 is 1.35 bits per heavy atom. The molecule has 4 rings (SSSR count). The number of ether oxygens (including phenoxy) is 1. The zero-order chi connectivity index (χ0) is 24.1. The minimum atomic E-state index is -0.119. The van der Waals surface area contributed by atoms with E-state index < -0.39 is 0 Å². The van der Waals surface area contributed by atoms with E-state index in [1.807, 2.05) is 35.9 Å². The Bertz CT molecular complexity index is 1250. The fraction of sp³-hybridized carbons (Fsp3) is 0.385. The number of rotatable bonds is 9. The van der Waals surface area contributed by atoms with Crippen molar-refractivity contribution in [1.82, 2.24) is 14.5 Å². The van der Waals surface area contributed by atoms with Crippen molar-refractivity contribution in [2.75, 3.05) is 19.7 Å². The minimum Gasteiger partial charge on any atom is -0.377 e. The first-order valence-corrected chi connectivity index (χ1v) is 11.8. The van der Waals surface area contributed by atoms with Gasteiger partial charge in [-0.3, -0.25) is 4.79 Å². The third-order valence-corrected chi connectivity index (χ3v) is 6.54. The molecule has 1 aromatic carbocycles. The van der Waals surface area contributed by atoms with Crippen molar-refractivity contribution < 1.29 is 14.3 Å². The molecule has 1 aliphatic rings. The summed E-state index contributed by atoms with van der Waals surface area (Å²) in [5.41, 5.74) is 3.62. The molecule has 34 heavy (non-hydrogen) atoms. The number of pyridine rings is 1. The number of hydrogen-bond donors (Lipinski definition) is 0. The van der Waals surface area contributed by atoms with Crippen molar-refractivity contribution in [2.24, 2.45) is 13.0 Å². The Balaban J connectivity index is 1.48. The van der Waals surface area contributed by atoms with Gasteiger partial charge in [-0.15, -0.1) is 0 Å². The third-order valence-electron chi connectivity index (χ3n) is 6.30. The van der Waals surface area contributed by atoms with Crippen LogP contribution in [-0.2, 0) is 29.6 Å². The summed E-state index contributed by atoms with van der Waals surface area (Å²) in [5.74, 6) is -0.217. The Hall–Kier alpha value is -3.21. The van der Waals surface area contributed by atoms with Crippen LogP contribution in [0.5, 0.6) is 0 Å². The second-order valence-corrected chi connectivity index (χ2v) is 9.10. The lowest BCUT2D eigenvalue weighted by atomic mass is 10.1. The number of fused-ring (bicyclic) bond motifs is 1. The van der Waals surface area contributed by atoms with E-state index in [1.54, 1.807) is 11.0 Å². The van der Waals surface area contributed by atoms with E-state index in [9.17, 15) is 14.9 Å². The van der Waals surface area contributed by atoms with Crippen LogP contribution >= 0.6 is 11.6 Å². The van der Waals surface area contributed by atoms with E-state index in [0.29, 0.717) is 66.3 Å². The largest absolute Gasteiger partial charge is 0.377 e. The third kappa shape index (κ3) is 5.14. The van der Waals surface area contributed by atoms with Gasteiger partial charge in [0.15, 0.2) is 0 Å². The number of carbonyl (C=O) groups excluding carboxylic acids is 2. The fourth-order valence-electron chi connectivity index (χ4n) is 4.51. The standard InChI is InChI=1S/C26H27ClN4O3/c1-30-23(7-2-3-10-34-17-18-5-4-6-21(27)11-18)24(22-12-20(13-28)14-29-25(22)30)26(33)31-9-8-19(15-31)16-32/h4-6,11-12,14,16,19H,2-3,7-10,15,17H2,1H3/t19-/m0/s1. The smallest absolute Gasteiger partial charge is 0.256 e. The Kier molecular flexibility index (Phi) is 7.61. The monoisotopic (exact) mass is 478 g/mol. The summed E-state index contributed by atoms with van der Waals surface area (Å²) in [6, 6.07) is 11.5. The molecule has 3 heterocycles. The lowest BCUT2D eigenvalue weighted by Crippen LogP contribution is -2.29. The molecule has 0 saturated carbocycles. The number of carbonyl (C=O) groups is 2. The minimum absolute atomic E-state index is 0.0981. The van der Waals surface area contributed by atoms with Crippen molar-refractivity contribution in [1.29, 1.82) is 5.26 Å². The molecule has 3 aromatic rings. The first-order chi connectivity index (χ1) is 16.5. The molecule has 0 unspecified atom stereocenters. The summed E-state index contributed by atoms with van der Waals surface area (Å²) >= 11 is 6.02. The van der Waals surface area contributed by atoms with Gasteiger partial charge in [0.1, 0.15) is 18.0 Å². The highest BCUT2D eigenvalue weighted by atomic mass is 35.5. The van der Waals surface area contributed by atoms with Gasteiger partial charge in [-0.05, 0) is 49.4 Å². The molecule has 1 atom stereocenters. The predicted molar refractivity (Wildman–Crippen MR) is 130 cm³/mol. The Morgan fingerprint density at radius 2 is 2.21 bits per heavy atom. The van der Waals surface area contributed by atoms with Crippen LogP contribution in [0, 0.1) is 17.2 Å². The van der Waals surface area contributed by atoms with E-state index in [2.05, 4.69) is 11.1 Å². The summed E-state index contributed by atoms with van der Waals surface area (Å²) in [6.07, 6.45) is 5.49. The zero-order valence-electron chi connectivity index (χ0n) is 19.2. The number of aromatic nitrogens is 2. The number of nitriles is 1. The first kappa shape index (κ1) is 23.9. The van der Waals surface area contributed by atoms with Crippen molar-refractivity contribution in [3.05, 3.63) is 63.9 Å². The lowest BCUT2D eigenvalue weighted by Gasteiger charge is -2.17. The molecular formula is C26H27ClN4O3. The summed E-state index contributed by atoms with van der Waals surface area (Å²) < 4.78 is 7.74. The number of benzene rings is 1. The summed E-state index contributed by atoms with van der Waals surface area (Å²) in [5, 5.41) is 10.7. The van der Waals surface area contributed by atoms with Crippen LogP contribution in [0.1, 0.15) is 46.4 Å². The molecule has 0 bridgehead atoms. The van der Waals surface area contributed by atoms with Gasteiger partial charge < -0.3 is 19.0 Å². The lowest BCUT2D eigenvalue weighted by molar-refractivity contribution is -0.110. The van der Waals surface area contributed by atoms with Crippen LogP contribution in [0.3, 0.4) is 0 Å². The number of unbranched alkanes of at least 4 members (excludes halogenated alkanes) is 1. The molecule has 176 valence electrons. The molecule has 1 aliphatic heterocycles. The van der Waals surface area contributed by atoms with E-state index in [4.69, 9.17) is 16.3 Å². The van der Waals surface area contributed by atoms with Crippen molar-refractivity contribution >= 4 is 34.8 Å². The van der Waals surface area contributed by atoms with Gasteiger partial charge in [0, 0.05) is 55.0 Å². The van der Waals surface area contributed by atoms with E-state index in [-0.39, 0.29) is 11.8 Å². The van der Waals surface area contributed by atoms with Crippen molar-refractivity contribution in [3.63, 3.8) is 0 Å². The quantitative estimate of drug-likeness (QED) is 0.338. The fourth-order valence-corrected chi connectivity index (χ4v) is 4.72. The van der Waals surface area contributed by atoms with Gasteiger partial charge >= 0.3 is 0 Å². The molecule has 1 amide bonds. The molecule has 0 N–H and O–H groups in total. The molecule has 0 radical (unpaired) electrons. The number of nitrogens with zero attached hydrogens (tertiary/aromatic N) is 4. The van der Waals surface area contributed by atoms with Crippen LogP contribution < -0.4 is 0 Å². The molecule has 1 saturated heterocycles. The molecule has 8 heteroatoms. The zero-order valence-corrected chi connectivity index (χ0v) is 19.9. The van der Waals surface area contributed by atoms with Crippen molar-refractivity contribution in [3.8, 4) is 6.07 Å². The second kappa shape index (κ2) is 10.8. The number of likely N-dealkylation sites (tertiary alicyclic amines) is 1. The van der Waals surface area contributed by atoms with Crippen LogP contribution in [0.2, 0.25) is 5.02 Å². The molecule has 2 aromatic heterocycles. The van der Waals surface area contributed by atoms with Crippen molar-refractivity contribution in [2.45, 2.75) is 32.3 Å². The number of halogens is 1. The topological polar surface area (TPSA) is 88.2 Å². The number of hydrogen-bond acceptors (Lipinski definition) is 5. The van der Waals surface area contributed by atoms with Gasteiger partial charge in [0.25, 0.3) is 5.91 Å². The predicted octanol–water partition coefficient (Wildman–Crippen LogP) is 4.30. The van der Waals surface area contributed by atoms with Gasteiger partial charge in [-0.1, -0.05) is 23.7 Å². The highest BCUT2D eigenvalue weighted by Crippen LogP contribution is 2.29. The normalized spacial score (nSPS) is 15.6. The SMILES string of the molecule is Cn1c(CCCCOCc2cccc(Cl)c2)c(C(=O)N2CC[C@H](C=O)C2)c2cc(C#N)cnc21. The maximum atomic E-state index is 13.5. The van der Waals surface area contributed by atoms with Gasteiger partial charge in [0.2, 0.25) is 0 Å². The van der Waals surface area contributed by atoms with Crippen LogP contribution in [0.4, 0.5) is 0 Å². The summed E-state index contributed by atoms with van der Waals surface area (Å²) in [7, 11) is 1.90. The van der Waals surface area contributed by atoms with Gasteiger partial charge in [-0.2, -0.15) is 5.26 Å². The number of amides is 1. The van der Waals surface area contributed by atoms with Gasteiger partial charge in [-0.25, -0.2) is 4.98 Å². The molecular weight excluding hydrogens is 452 g/mol.